The first-order valence-corrected chi connectivity index (χ1v) is 11.4. The fourth-order valence-corrected chi connectivity index (χ4v) is 5.48. The van der Waals surface area contributed by atoms with Crippen LogP contribution in [-0.2, 0) is 4.74 Å². The molecule has 2 bridgehead atoms. The highest BCUT2D eigenvalue weighted by molar-refractivity contribution is 6.04. The van der Waals surface area contributed by atoms with Gasteiger partial charge in [-0.05, 0) is 51.3 Å². The molecular formula is C23H33ClN4O3. The van der Waals surface area contributed by atoms with Gasteiger partial charge in [-0.25, -0.2) is 0 Å². The van der Waals surface area contributed by atoms with Crippen LogP contribution in [0.15, 0.2) is 22.6 Å². The average molecular weight is 449 g/mol. The standard InChI is InChI=1S/C23H32N4O3.ClH/c1-3-16-14-29-11-10-27(16)23-25-21-19(8-5-9-20(21)30-23)22(28)24-15-12-17-6-4-7-18(13-15)26(17)2;/h5,8-9,15-18H,3-4,6-7,10-14H2,1-2H3,(H,24,28);1H/t15?,16-,17?,18?;/m1./s1. The molecule has 3 aliphatic rings. The Morgan fingerprint density at radius 3 is 2.77 bits per heavy atom. The van der Waals surface area contributed by atoms with E-state index in [1.807, 2.05) is 18.2 Å². The molecule has 5 rings (SSSR count). The van der Waals surface area contributed by atoms with Crippen LogP contribution < -0.4 is 10.2 Å². The van der Waals surface area contributed by atoms with Crippen molar-refractivity contribution in [2.45, 2.75) is 69.6 Å². The third kappa shape index (κ3) is 4.28. The van der Waals surface area contributed by atoms with Gasteiger partial charge in [-0.1, -0.05) is 19.4 Å². The summed E-state index contributed by atoms with van der Waals surface area (Å²) in [5.74, 6) is -0.0397. The minimum absolute atomic E-state index is 0. The lowest BCUT2D eigenvalue weighted by atomic mass is 9.82. The summed E-state index contributed by atoms with van der Waals surface area (Å²) in [7, 11) is 2.24. The number of carbonyl (C=O) groups excluding carboxylic acids is 1. The summed E-state index contributed by atoms with van der Waals surface area (Å²) >= 11 is 0. The van der Waals surface area contributed by atoms with E-state index < -0.39 is 0 Å². The Kier molecular flexibility index (Phi) is 6.74. The van der Waals surface area contributed by atoms with Gasteiger partial charge in [-0.15, -0.1) is 12.4 Å². The average Bonchev–Trinajstić information content (AvgIpc) is 3.18. The summed E-state index contributed by atoms with van der Waals surface area (Å²) in [6.45, 7) is 4.25. The maximum absolute atomic E-state index is 13.2. The number of morpholine rings is 1. The van der Waals surface area contributed by atoms with Crippen LogP contribution in [0.5, 0.6) is 0 Å². The molecule has 0 spiro atoms. The Labute approximate surface area is 189 Å². The number of fused-ring (bicyclic) bond motifs is 3. The molecule has 3 fully saturated rings. The quantitative estimate of drug-likeness (QED) is 0.770. The molecule has 1 N–H and O–H groups in total. The van der Waals surface area contributed by atoms with Gasteiger partial charge in [0.05, 0.1) is 24.8 Å². The summed E-state index contributed by atoms with van der Waals surface area (Å²) in [4.78, 5) is 22.6. The second-order valence-corrected chi connectivity index (χ2v) is 9.02. The molecule has 3 aliphatic heterocycles. The second kappa shape index (κ2) is 9.35. The Bertz CT molecular complexity index is 905. The molecule has 3 atom stereocenters. The van der Waals surface area contributed by atoms with Gasteiger partial charge in [0.25, 0.3) is 11.9 Å². The molecule has 170 valence electrons. The molecule has 0 radical (unpaired) electrons. The van der Waals surface area contributed by atoms with E-state index in [0.717, 1.165) is 25.8 Å². The predicted octanol–water partition coefficient (Wildman–Crippen LogP) is 3.61. The van der Waals surface area contributed by atoms with Crippen molar-refractivity contribution in [3.63, 3.8) is 0 Å². The first kappa shape index (κ1) is 22.4. The minimum Gasteiger partial charge on any atom is -0.423 e. The Morgan fingerprint density at radius 2 is 2.03 bits per heavy atom. The lowest BCUT2D eigenvalue weighted by Gasteiger charge is -2.47. The number of aromatic nitrogens is 1. The molecule has 2 aromatic rings. The van der Waals surface area contributed by atoms with Crippen LogP contribution in [0.3, 0.4) is 0 Å². The number of piperidine rings is 2. The number of benzene rings is 1. The van der Waals surface area contributed by atoms with E-state index in [9.17, 15) is 4.79 Å². The highest BCUT2D eigenvalue weighted by Gasteiger charge is 2.36. The first-order valence-electron chi connectivity index (χ1n) is 11.4. The molecule has 4 heterocycles. The topological polar surface area (TPSA) is 70.8 Å². The van der Waals surface area contributed by atoms with Crippen molar-refractivity contribution < 1.29 is 13.9 Å². The van der Waals surface area contributed by atoms with Crippen molar-refractivity contribution >= 4 is 35.4 Å². The molecule has 1 aromatic heterocycles. The fraction of sp³-hybridized carbons (Fsp3) is 0.652. The molecule has 7 nitrogen and oxygen atoms in total. The number of oxazole rings is 1. The van der Waals surface area contributed by atoms with Gasteiger partial charge in [0.1, 0.15) is 5.52 Å². The summed E-state index contributed by atoms with van der Waals surface area (Å²) in [6.07, 6.45) is 6.81. The molecule has 1 aromatic carbocycles. The monoisotopic (exact) mass is 448 g/mol. The largest absolute Gasteiger partial charge is 0.423 e. The van der Waals surface area contributed by atoms with Crippen LogP contribution in [0.1, 0.15) is 55.8 Å². The molecule has 0 saturated carbocycles. The SMILES string of the molecule is CC[C@@H]1COCCN1c1nc2c(C(=O)NC3CC4CCCC(C3)N4C)cccc2o1.Cl. The molecule has 2 unspecified atom stereocenters. The summed E-state index contributed by atoms with van der Waals surface area (Å²) in [5.41, 5.74) is 1.92. The molecule has 31 heavy (non-hydrogen) atoms. The minimum atomic E-state index is -0.0397. The van der Waals surface area contributed by atoms with E-state index in [4.69, 9.17) is 14.1 Å². The zero-order valence-corrected chi connectivity index (χ0v) is 19.2. The number of nitrogens with one attached hydrogen (secondary N) is 1. The van der Waals surface area contributed by atoms with Crippen LogP contribution in [0.25, 0.3) is 11.1 Å². The highest BCUT2D eigenvalue weighted by atomic mass is 35.5. The van der Waals surface area contributed by atoms with Crippen molar-refractivity contribution in [3.05, 3.63) is 23.8 Å². The number of hydrogen-bond acceptors (Lipinski definition) is 6. The van der Waals surface area contributed by atoms with Gasteiger partial charge in [-0.2, -0.15) is 4.98 Å². The number of anilines is 1. The molecule has 8 heteroatoms. The number of carbonyl (C=O) groups is 1. The van der Waals surface area contributed by atoms with E-state index >= 15 is 0 Å². The van der Waals surface area contributed by atoms with Crippen molar-refractivity contribution in [2.75, 3.05) is 31.7 Å². The highest BCUT2D eigenvalue weighted by Crippen LogP contribution is 2.33. The van der Waals surface area contributed by atoms with Crippen molar-refractivity contribution in [3.8, 4) is 0 Å². The van der Waals surface area contributed by atoms with Crippen LogP contribution in [0.2, 0.25) is 0 Å². The first-order chi connectivity index (χ1) is 14.6. The van der Waals surface area contributed by atoms with Gasteiger partial charge < -0.3 is 24.3 Å². The van der Waals surface area contributed by atoms with Crippen molar-refractivity contribution in [1.82, 2.24) is 15.2 Å². The van der Waals surface area contributed by atoms with E-state index in [1.165, 1.54) is 19.3 Å². The summed E-state index contributed by atoms with van der Waals surface area (Å²) < 4.78 is 11.7. The molecular weight excluding hydrogens is 416 g/mol. The van der Waals surface area contributed by atoms with Gasteiger partial charge in [0, 0.05) is 24.7 Å². The molecule has 1 amide bonds. The second-order valence-electron chi connectivity index (χ2n) is 9.02. The number of amides is 1. The number of nitrogens with zero attached hydrogens (tertiary/aromatic N) is 3. The summed E-state index contributed by atoms with van der Waals surface area (Å²) in [5, 5.41) is 3.30. The van der Waals surface area contributed by atoms with Gasteiger partial charge >= 0.3 is 0 Å². The summed E-state index contributed by atoms with van der Waals surface area (Å²) in [6, 6.07) is 7.88. The smallest absolute Gasteiger partial charge is 0.298 e. The molecule has 3 saturated heterocycles. The van der Waals surface area contributed by atoms with E-state index in [2.05, 4.69) is 29.1 Å². The van der Waals surface area contributed by atoms with Crippen molar-refractivity contribution in [1.29, 1.82) is 0 Å². The van der Waals surface area contributed by atoms with Gasteiger partial charge in [-0.3, -0.25) is 4.79 Å². The van der Waals surface area contributed by atoms with E-state index in [1.54, 1.807) is 0 Å². The fourth-order valence-electron chi connectivity index (χ4n) is 5.48. The van der Waals surface area contributed by atoms with Crippen LogP contribution in [0, 0.1) is 0 Å². The number of para-hydroxylation sites is 1. The third-order valence-corrected chi connectivity index (χ3v) is 7.27. The predicted molar refractivity (Wildman–Crippen MR) is 123 cm³/mol. The zero-order chi connectivity index (χ0) is 20.7. The lowest BCUT2D eigenvalue weighted by molar-refractivity contribution is 0.0463. The Morgan fingerprint density at radius 1 is 1.26 bits per heavy atom. The van der Waals surface area contributed by atoms with Crippen molar-refractivity contribution in [2.24, 2.45) is 0 Å². The maximum atomic E-state index is 13.2. The number of rotatable bonds is 4. The van der Waals surface area contributed by atoms with Crippen LogP contribution in [-0.4, -0.2) is 66.8 Å². The van der Waals surface area contributed by atoms with E-state index in [-0.39, 0.29) is 30.4 Å². The Hall–Kier alpha value is -1.83. The number of ether oxygens (including phenoxy) is 1. The van der Waals surface area contributed by atoms with Gasteiger partial charge in [0.15, 0.2) is 5.58 Å². The maximum Gasteiger partial charge on any atom is 0.298 e. The number of hydrogen-bond donors (Lipinski definition) is 1. The Balaban J connectivity index is 0.00000231. The lowest BCUT2D eigenvalue weighted by Crippen LogP contribution is -2.55. The van der Waals surface area contributed by atoms with Gasteiger partial charge in [0.2, 0.25) is 0 Å². The third-order valence-electron chi connectivity index (χ3n) is 7.27. The van der Waals surface area contributed by atoms with E-state index in [0.29, 0.717) is 48.0 Å². The normalized spacial score (nSPS) is 28.9. The van der Waals surface area contributed by atoms with Crippen LogP contribution in [0.4, 0.5) is 6.01 Å². The number of halogens is 1. The van der Waals surface area contributed by atoms with Crippen LogP contribution >= 0.6 is 12.4 Å². The molecule has 0 aliphatic carbocycles. The zero-order valence-electron chi connectivity index (χ0n) is 18.4.